The molecule has 2 aromatic rings. The molecule has 1 aromatic carbocycles. The Morgan fingerprint density at radius 2 is 2.11 bits per heavy atom. The van der Waals surface area contributed by atoms with E-state index in [1.54, 1.807) is 0 Å². The average Bonchev–Trinajstić information content (AvgIpc) is 2.74. The first-order chi connectivity index (χ1) is 8.61. The number of rotatable bonds is 5. The van der Waals surface area contributed by atoms with Crippen LogP contribution in [0.2, 0.25) is 5.02 Å². The third-order valence-corrected chi connectivity index (χ3v) is 3.72. The van der Waals surface area contributed by atoms with Crippen molar-refractivity contribution in [1.29, 1.82) is 0 Å². The van der Waals surface area contributed by atoms with Gasteiger partial charge in [-0.15, -0.1) is 0 Å². The molecule has 1 aromatic heterocycles. The Bertz CT molecular complexity index is 518. The summed E-state index contributed by atoms with van der Waals surface area (Å²) in [6.07, 6.45) is 2.01. The van der Waals surface area contributed by atoms with Gasteiger partial charge in [0.25, 0.3) is 0 Å². The summed E-state index contributed by atoms with van der Waals surface area (Å²) in [4.78, 5) is 0. The van der Waals surface area contributed by atoms with E-state index in [0.717, 1.165) is 29.6 Å². The van der Waals surface area contributed by atoms with Crippen LogP contribution in [0.1, 0.15) is 26.0 Å². The molecule has 1 unspecified atom stereocenters. The normalized spacial score (nSPS) is 13.4. The molecule has 0 spiro atoms. The van der Waals surface area contributed by atoms with Gasteiger partial charge in [0.15, 0.2) is 5.58 Å². The van der Waals surface area contributed by atoms with Gasteiger partial charge in [0.05, 0.1) is 5.02 Å². The maximum Gasteiger partial charge on any atom is 0.152 e. The minimum Gasteiger partial charge on any atom is -0.460 e. The zero-order chi connectivity index (χ0) is 13.1. The molecule has 0 aliphatic carbocycles. The highest BCUT2D eigenvalue weighted by molar-refractivity contribution is 6.34. The molecule has 0 fully saturated rings. The third kappa shape index (κ3) is 2.88. The van der Waals surface area contributed by atoms with Gasteiger partial charge >= 0.3 is 0 Å². The summed E-state index contributed by atoms with van der Waals surface area (Å²) in [7, 11) is 2.01. The van der Waals surface area contributed by atoms with Crippen LogP contribution >= 0.6 is 11.6 Å². The van der Waals surface area contributed by atoms with Crippen LogP contribution in [0.3, 0.4) is 0 Å². The molecule has 0 aliphatic rings. The highest BCUT2D eigenvalue weighted by atomic mass is 35.5. The zero-order valence-corrected chi connectivity index (χ0v) is 11.9. The first kappa shape index (κ1) is 13.4. The summed E-state index contributed by atoms with van der Waals surface area (Å²) in [5, 5.41) is 5.12. The van der Waals surface area contributed by atoms with Gasteiger partial charge in [-0.3, -0.25) is 0 Å². The predicted octanol–water partition coefficient (Wildman–Crippen LogP) is 4.26. The zero-order valence-electron chi connectivity index (χ0n) is 11.2. The Balaban J connectivity index is 2.10. The Morgan fingerprint density at radius 1 is 1.33 bits per heavy atom. The number of furan rings is 1. The van der Waals surface area contributed by atoms with Gasteiger partial charge in [-0.2, -0.15) is 0 Å². The predicted molar refractivity (Wildman–Crippen MR) is 77.2 cm³/mol. The van der Waals surface area contributed by atoms with E-state index in [9.17, 15) is 0 Å². The lowest BCUT2D eigenvalue weighted by Crippen LogP contribution is -2.30. The van der Waals surface area contributed by atoms with Crippen molar-refractivity contribution in [3.8, 4) is 0 Å². The molecule has 0 radical (unpaired) electrons. The number of hydrogen-bond donors (Lipinski definition) is 1. The second kappa shape index (κ2) is 5.77. The van der Waals surface area contributed by atoms with E-state index in [1.165, 1.54) is 0 Å². The van der Waals surface area contributed by atoms with Gasteiger partial charge in [0, 0.05) is 17.8 Å². The van der Waals surface area contributed by atoms with Crippen LogP contribution < -0.4 is 5.32 Å². The van der Waals surface area contributed by atoms with Crippen molar-refractivity contribution in [3.05, 3.63) is 35.0 Å². The first-order valence-electron chi connectivity index (χ1n) is 6.46. The lowest BCUT2D eigenvalue weighted by molar-refractivity contribution is 0.390. The van der Waals surface area contributed by atoms with Crippen LogP contribution in [0.15, 0.2) is 28.7 Å². The minimum atomic E-state index is 0.522. The number of benzene rings is 1. The highest BCUT2D eigenvalue weighted by Crippen LogP contribution is 2.27. The van der Waals surface area contributed by atoms with Crippen molar-refractivity contribution in [1.82, 2.24) is 5.32 Å². The summed E-state index contributed by atoms with van der Waals surface area (Å²) < 4.78 is 5.81. The number of fused-ring (bicyclic) bond motifs is 1. The summed E-state index contributed by atoms with van der Waals surface area (Å²) in [5.74, 6) is 1.64. The summed E-state index contributed by atoms with van der Waals surface area (Å²) >= 11 is 6.10. The first-order valence-corrected chi connectivity index (χ1v) is 6.84. The molecule has 0 saturated carbocycles. The Morgan fingerprint density at radius 3 is 2.72 bits per heavy atom. The van der Waals surface area contributed by atoms with E-state index in [4.69, 9.17) is 16.0 Å². The molecule has 2 rings (SSSR count). The number of nitrogens with one attached hydrogen (secondary N) is 1. The van der Waals surface area contributed by atoms with Crippen molar-refractivity contribution in [2.45, 2.75) is 32.7 Å². The molecule has 2 nitrogen and oxygen atoms in total. The molecule has 0 aliphatic heterocycles. The molecule has 3 heteroatoms. The number of hydrogen-bond acceptors (Lipinski definition) is 2. The van der Waals surface area contributed by atoms with Gasteiger partial charge in [-0.25, -0.2) is 0 Å². The summed E-state index contributed by atoms with van der Waals surface area (Å²) in [6, 6.07) is 8.46. The molecule has 18 heavy (non-hydrogen) atoms. The maximum absolute atomic E-state index is 6.10. The fourth-order valence-electron chi connectivity index (χ4n) is 2.31. The van der Waals surface area contributed by atoms with E-state index < -0.39 is 0 Å². The lowest BCUT2D eigenvalue weighted by Gasteiger charge is -2.19. The van der Waals surface area contributed by atoms with Gasteiger partial charge < -0.3 is 9.73 Å². The highest BCUT2D eigenvalue weighted by Gasteiger charge is 2.13. The van der Waals surface area contributed by atoms with Crippen LogP contribution in [-0.2, 0) is 6.42 Å². The summed E-state index contributed by atoms with van der Waals surface area (Å²) in [5.41, 5.74) is 0.805. The van der Waals surface area contributed by atoms with E-state index in [-0.39, 0.29) is 0 Å². The summed E-state index contributed by atoms with van der Waals surface area (Å²) in [6.45, 7) is 4.47. The van der Waals surface area contributed by atoms with Crippen LogP contribution in [0.5, 0.6) is 0 Å². The van der Waals surface area contributed by atoms with Crippen molar-refractivity contribution >= 4 is 22.6 Å². The Hall–Kier alpha value is -0.990. The lowest BCUT2D eigenvalue weighted by atomic mass is 9.99. The standard InChI is InChI=1S/C15H20ClNO/c1-10(2)14(17-3)8-7-12-9-11-5-4-6-13(16)15(11)18-12/h4-6,9-10,14,17H,7-8H2,1-3H3. The fourth-order valence-corrected chi connectivity index (χ4v) is 2.53. The van der Waals surface area contributed by atoms with E-state index in [1.807, 2.05) is 25.2 Å². The quantitative estimate of drug-likeness (QED) is 0.874. The smallest absolute Gasteiger partial charge is 0.152 e. The maximum atomic E-state index is 6.10. The molecule has 0 amide bonds. The number of halogens is 1. The molecule has 1 heterocycles. The topological polar surface area (TPSA) is 25.2 Å². The molecule has 0 saturated heterocycles. The largest absolute Gasteiger partial charge is 0.460 e. The SMILES string of the molecule is CNC(CCc1cc2cccc(Cl)c2o1)C(C)C. The second-order valence-corrected chi connectivity index (χ2v) is 5.46. The van der Waals surface area contributed by atoms with Crippen LogP contribution in [-0.4, -0.2) is 13.1 Å². The second-order valence-electron chi connectivity index (χ2n) is 5.05. The van der Waals surface area contributed by atoms with Gasteiger partial charge in [0.2, 0.25) is 0 Å². The number of para-hydroxylation sites is 1. The van der Waals surface area contributed by atoms with Crippen LogP contribution in [0.4, 0.5) is 0 Å². The number of aryl methyl sites for hydroxylation is 1. The molecule has 98 valence electrons. The van der Waals surface area contributed by atoms with Crippen molar-refractivity contribution in [3.63, 3.8) is 0 Å². The molecule has 1 atom stereocenters. The molecule has 1 N–H and O–H groups in total. The van der Waals surface area contributed by atoms with Gasteiger partial charge in [-0.05, 0) is 31.5 Å². The van der Waals surface area contributed by atoms with Crippen molar-refractivity contribution < 1.29 is 4.42 Å². The average molecular weight is 266 g/mol. The molecular formula is C15H20ClNO. The fraction of sp³-hybridized carbons (Fsp3) is 0.467. The third-order valence-electron chi connectivity index (χ3n) is 3.42. The van der Waals surface area contributed by atoms with Crippen LogP contribution in [0, 0.1) is 5.92 Å². The minimum absolute atomic E-state index is 0.522. The van der Waals surface area contributed by atoms with E-state index in [0.29, 0.717) is 17.0 Å². The van der Waals surface area contributed by atoms with Crippen molar-refractivity contribution in [2.75, 3.05) is 7.05 Å². The molecule has 0 bridgehead atoms. The van der Waals surface area contributed by atoms with E-state index >= 15 is 0 Å². The molecular weight excluding hydrogens is 246 g/mol. The van der Waals surface area contributed by atoms with E-state index in [2.05, 4.69) is 25.2 Å². The van der Waals surface area contributed by atoms with Gasteiger partial charge in [-0.1, -0.05) is 37.6 Å². The Kier molecular flexibility index (Phi) is 4.31. The monoisotopic (exact) mass is 265 g/mol. The Labute approximate surface area is 113 Å². The van der Waals surface area contributed by atoms with Gasteiger partial charge in [0.1, 0.15) is 5.76 Å². The van der Waals surface area contributed by atoms with Crippen molar-refractivity contribution in [2.24, 2.45) is 5.92 Å². The van der Waals surface area contributed by atoms with Crippen LogP contribution in [0.25, 0.3) is 11.0 Å².